The monoisotopic (exact) mass is 659 g/mol. The molecule has 0 aliphatic carbocycles. The summed E-state index contributed by atoms with van der Waals surface area (Å²) in [5, 5.41) is 3.44. The van der Waals surface area contributed by atoms with Crippen molar-refractivity contribution in [3.63, 3.8) is 0 Å². The van der Waals surface area contributed by atoms with Crippen LogP contribution in [-0.2, 0) is 32.6 Å². The second kappa shape index (κ2) is 15.4. The second-order valence-corrected chi connectivity index (χ2v) is 14.0. The van der Waals surface area contributed by atoms with Crippen LogP contribution in [0.25, 0.3) is 0 Å². The molecule has 0 aliphatic rings. The molecule has 242 valence electrons. The highest BCUT2D eigenvalue weighted by molar-refractivity contribution is 7.92. The molecule has 0 saturated carbocycles. The van der Waals surface area contributed by atoms with Crippen molar-refractivity contribution in [1.82, 2.24) is 10.2 Å². The van der Waals surface area contributed by atoms with Crippen LogP contribution in [0.1, 0.15) is 48.1 Å². The second-order valence-electron chi connectivity index (χ2n) is 11.7. The van der Waals surface area contributed by atoms with Crippen molar-refractivity contribution in [2.45, 2.75) is 71.0 Å². The number of hydrogen-bond donors (Lipinski definition) is 1. The van der Waals surface area contributed by atoms with Crippen LogP contribution in [0, 0.1) is 20.8 Å². The van der Waals surface area contributed by atoms with Crippen LogP contribution in [-0.4, -0.2) is 43.8 Å². The van der Waals surface area contributed by atoms with E-state index in [1.165, 1.54) is 17.0 Å². The molecule has 7 nitrogen and oxygen atoms in total. The van der Waals surface area contributed by atoms with E-state index in [2.05, 4.69) is 5.32 Å². The fraction of sp³-hybridized carbons (Fsp3) is 0.297. The molecule has 2 atom stereocenters. The first-order valence-electron chi connectivity index (χ1n) is 15.4. The molecule has 0 unspecified atom stereocenters. The Morgan fingerprint density at radius 2 is 1.41 bits per heavy atom. The average Bonchev–Trinajstić information content (AvgIpc) is 3.04. The number of benzene rings is 4. The van der Waals surface area contributed by atoms with Gasteiger partial charge in [0.15, 0.2) is 0 Å². The normalized spacial score (nSPS) is 12.7. The van der Waals surface area contributed by atoms with E-state index in [1.54, 1.807) is 37.3 Å². The molecule has 0 saturated heterocycles. The van der Waals surface area contributed by atoms with Crippen molar-refractivity contribution >= 4 is 39.1 Å². The van der Waals surface area contributed by atoms with Gasteiger partial charge >= 0.3 is 0 Å². The molecule has 0 aliphatic heterocycles. The van der Waals surface area contributed by atoms with Gasteiger partial charge in [-0.15, -0.1) is 0 Å². The van der Waals surface area contributed by atoms with E-state index in [9.17, 15) is 18.0 Å². The van der Waals surface area contributed by atoms with Crippen LogP contribution in [0.2, 0.25) is 5.02 Å². The molecule has 4 aromatic carbocycles. The summed E-state index contributed by atoms with van der Waals surface area (Å²) in [4.78, 5) is 30.1. The lowest BCUT2D eigenvalue weighted by Crippen LogP contribution is -2.54. The first-order chi connectivity index (χ1) is 21.9. The minimum absolute atomic E-state index is 0.0470. The minimum Gasteiger partial charge on any atom is -0.352 e. The number of rotatable bonds is 13. The Bertz CT molecular complexity index is 1740. The van der Waals surface area contributed by atoms with Crippen LogP contribution in [0.5, 0.6) is 0 Å². The zero-order chi connectivity index (χ0) is 33.4. The van der Waals surface area contributed by atoms with Gasteiger partial charge in [0, 0.05) is 24.0 Å². The molecule has 0 spiro atoms. The predicted octanol–water partition coefficient (Wildman–Crippen LogP) is 7.02. The van der Waals surface area contributed by atoms with E-state index in [0.29, 0.717) is 22.7 Å². The van der Waals surface area contributed by atoms with Crippen molar-refractivity contribution in [3.05, 3.63) is 130 Å². The third-order valence-corrected chi connectivity index (χ3v) is 10.3. The Hall–Kier alpha value is -4.14. The number of halogens is 1. The highest BCUT2D eigenvalue weighted by Crippen LogP contribution is 2.31. The topological polar surface area (TPSA) is 86.8 Å². The van der Waals surface area contributed by atoms with Gasteiger partial charge in [0.2, 0.25) is 11.8 Å². The quantitative estimate of drug-likeness (QED) is 0.167. The van der Waals surface area contributed by atoms with E-state index in [1.807, 2.05) is 82.3 Å². The molecule has 46 heavy (non-hydrogen) atoms. The van der Waals surface area contributed by atoms with Crippen LogP contribution in [0.4, 0.5) is 5.69 Å². The van der Waals surface area contributed by atoms with Gasteiger partial charge in [-0.05, 0) is 75.1 Å². The number of carbonyl (C=O) groups is 2. The van der Waals surface area contributed by atoms with Crippen LogP contribution >= 0.6 is 11.6 Å². The van der Waals surface area contributed by atoms with Crippen molar-refractivity contribution in [3.8, 4) is 0 Å². The van der Waals surface area contributed by atoms with Gasteiger partial charge in [-0.1, -0.05) is 102 Å². The number of nitrogens with zero attached hydrogens (tertiary/aromatic N) is 2. The third kappa shape index (κ3) is 8.56. The Labute approximate surface area is 278 Å². The highest BCUT2D eigenvalue weighted by Gasteiger charge is 2.35. The van der Waals surface area contributed by atoms with Gasteiger partial charge in [0.25, 0.3) is 10.0 Å². The number of carbonyl (C=O) groups excluding carboxylic acids is 2. The van der Waals surface area contributed by atoms with Gasteiger partial charge in [0.05, 0.1) is 10.6 Å². The maximum atomic E-state index is 14.6. The molecule has 0 aromatic heterocycles. The molecule has 0 bridgehead atoms. The summed E-state index contributed by atoms with van der Waals surface area (Å²) in [5.41, 5.74) is 4.47. The van der Waals surface area contributed by atoms with Gasteiger partial charge in [-0.2, -0.15) is 0 Å². The summed E-state index contributed by atoms with van der Waals surface area (Å²) in [6.07, 6.45) is 0.966. The summed E-state index contributed by atoms with van der Waals surface area (Å²) in [5.74, 6) is -0.818. The van der Waals surface area contributed by atoms with E-state index in [-0.39, 0.29) is 29.8 Å². The largest absolute Gasteiger partial charge is 0.352 e. The lowest BCUT2D eigenvalue weighted by atomic mass is 10.0. The van der Waals surface area contributed by atoms with Gasteiger partial charge in [0.1, 0.15) is 12.6 Å². The van der Waals surface area contributed by atoms with Gasteiger partial charge in [-0.3, -0.25) is 13.9 Å². The fourth-order valence-electron chi connectivity index (χ4n) is 5.10. The molecule has 4 rings (SSSR count). The fourth-order valence-corrected chi connectivity index (χ4v) is 6.74. The summed E-state index contributed by atoms with van der Waals surface area (Å²) >= 11 is 6.47. The number of amides is 2. The first-order valence-corrected chi connectivity index (χ1v) is 17.3. The zero-order valence-corrected chi connectivity index (χ0v) is 28.6. The van der Waals surface area contributed by atoms with E-state index < -0.39 is 28.5 Å². The summed E-state index contributed by atoms with van der Waals surface area (Å²) < 4.78 is 29.7. The van der Waals surface area contributed by atoms with Crippen molar-refractivity contribution in [2.24, 2.45) is 0 Å². The Kier molecular flexibility index (Phi) is 11.7. The molecular formula is C37H42ClN3O4S. The number of anilines is 1. The van der Waals surface area contributed by atoms with E-state index in [0.717, 1.165) is 26.6 Å². The molecule has 4 aromatic rings. The Morgan fingerprint density at radius 1 is 0.804 bits per heavy atom. The molecule has 2 amide bonds. The minimum atomic E-state index is -4.22. The van der Waals surface area contributed by atoms with Crippen LogP contribution < -0.4 is 9.62 Å². The molecular weight excluding hydrogens is 618 g/mol. The lowest BCUT2D eigenvalue weighted by Gasteiger charge is -2.34. The zero-order valence-electron chi connectivity index (χ0n) is 27.0. The Morgan fingerprint density at radius 3 is 2.02 bits per heavy atom. The first kappa shape index (κ1) is 34.7. The number of nitrogens with one attached hydrogen (secondary N) is 1. The number of aryl methyl sites for hydroxylation is 2. The van der Waals surface area contributed by atoms with Gasteiger partial charge in [-0.25, -0.2) is 8.42 Å². The summed E-state index contributed by atoms with van der Waals surface area (Å²) in [6.45, 7) is 9.05. The van der Waals surface area contributed by atoms with E-state index in [4.69, 9.17) is 11.6 Å². The molecule has 0 fully saturated rings. The highest BCUT2D eigenvalue weighted by atomic mass is 35.5. The molecule has 0 radical (unpaired) electrons. The maximum absolute atomic E-state index is 14.6. The van der Waals surface area contributed by atoms with Gasteiger partial charge < -0.3 is 10.2 Å². The van der Waals surface area contributed by atoms with Crippen LogP contribution in [0.15, 0.2) is 102 Å². The predicted molar refractivity (Wildman–Crippen MR) is 185 cm³/mol. The molecule has 0 heterocycles. The average molecular weight is 660 g/mol. The molecule has 9 heteroatoms. The summed E-state index contributed by atoms with van der Waals surface area (Å²) in [7, 11) is -4.22. The SMILES string of the molecule is CC[C@H](C)NC(=O)[C@@H](Cc1ccccc1)N(Cc1ccc(C)cc1)C(=O)CN(c1cccc(Cl)c1C)S(=O)(=O)c1ccc(C)cc1. The molecule has 1 N–H and O–H groups in total. The van der Waals surface area contributed by atoms with E-state index >= 15 is 0 Å². The smallest absolute Gasteiger partial charge is 0.264 e. The van der Waals surface area contributed by atoms with Crippen molar-refractivity contribution < 1.29 is 18.0 Å². The summed E-state index contributed by atoms with van der Waals surface area (Å²) in [6, 6.07) is 27.7. The lowest BCUT2D eigenvalue weighted by molar-refractivity contribution is -0.140. The van der Waals surface area contributed by atoms with Crippen LogP contribution in [0.3, 0.4) is 0 Å². The Balaban J connectivity index is 1.83. The van der Waals surface area contributed by atoms with Crippen molar-refractivity contribution in [1.29, 1.82) is 0 Å². The third-order valence-electron chi connectivity index (χ3n) is 8.14. The number of sulfonamides is 1. The number of hydrogen-bond acceptors (Lipinski definition) is 4. The standard InChI is InChI=1S/C37H42ClN3O4S/c1-6-28(4)39-37(43)35(23-30-11-8-7-9-12-30)40(24-31-19-15-26(2)16-20-31)36(42)25-41(34-14-10-13-33(38)29(34)5)46(44,45)32-21-17-27(3)18-22-32/h7-22,28,35H,6,23-25H2,1-5H3,(H,39,43)/t28-,35+/m0/s1. The van der Waals surface area contributed by atoms with Crippen molar-refractivity contribution in [2.75, 3.05) is 10.8 Å². The maximum Gasteiger partial charge on any atom is 0.264 e.